The number of benzene rings is 1. The van der Waals surface area contributed by atoms with E-state index < -0.39 is 0 Å². The van der Waals surface area contributed by atoms with Gasteiger partial charge in [0.1, 0.15) is 0 Å². The molecule has 0 spiro atoms. The SMILES string of the molecule is CN=C(NCCN1CCCCCC1)N(C)Cc1ccccc1.I. The molecule has 0 bridgehead atoms. The van der Waals surface area contributed by atoms with Gasteiger partial charge in [0.05, 0.1) is 0 Å². The highest BCUT2D eigenvalue weighted by Gasteiger charge is 2.10. The highest BCUT2D eigenvalue weighted by atomic mass is 127. The summed E-state index contributed by atoms with van der Waals surface area (Å²) in [5, 5.41) is 3.49. The average Bonchev–Trinajstić information content (AvgIpc) is 2.81. The zero-order valence-electron chi connectivity index (χ0n) is 14.5. The maximum atomic E-state index is 4.40. The van der Waals surface area contributed by atoms with E-state index in [0.29, 0.717) is 0 Å². The maximum absolute atomic E-state index is 4.40. The van der Waals surface area contributed by atoms with Gasteiger partial charge in [-0.2, -0.15) is 0 Å². The quantitative estimate of drug-likeness (QED) is 0.442. The van der Waals surface area contributed by atoms with Crippen molar-refractivity contribution in [2.24, 2.45) is 4.99 Å². The van der Waals surface area contributed by atoms with Gasteiger partial charge in [-0.05, 0) is 31.5 Å². The molecule has 1 aliphatic heterocycles. The fourth-order valence-electron chi connectivity index (χ4n) is 3.00. The Balaban J connectivity index is 0.00000264. The zero-order chi connectivity index (χ0) is 15.6. The Kier molecular flexibility index (Phi) is 10.3. The first-order chi connectivity index (χ1) is 10.8. The predicted molar refractivity (Wildman–Crippen MR) is 110 cm³/mol. The Morgan fingerprint density at radius 2 is 1.78 bits per heavy atom. The molecule has 4 nitrogen and oxygen atoms in total. The molecule has 0 unspecified atom stereocenters. The van der Waals surface area contributed by atoms with Crippen molar-refractivity contribution in [1.29, 1.82) is 0 Å². The molecule has 1 aromatic carbocycles. The van der Waals surface area contributed by atoms with Gasteiger partial charge in [-0.15, -0.1) is 24.0 Å². The number of halogens is 1. The van der Waals surface area contributed by atoms with Crippen LogP contribution in [0.1, 0.15) is 31.2 Å². The smallest absolute Gasteiger partial charge is 0.193 e. The van der Waals surface area contributed by atoms with Gasteiger partial charge in [-0.25, -0.2) is 0 Å². The van der Waals surface area contributed by atoms with Crippen LogP contribution in [0.5, 0.6) is 0 Å². The molecule has 0 amide bonds. The maximum Gasteiger partial charge on any atom is 0.193 e. The molecule has 1 aliphatic rings. The molecule has 1 N–H and O–H groups in total. The van der Waals surface area contributed by atoms with E-state index in [4.69, 9.17) is 0 Å². The van der Waals surface area contributed by atoms with Crippen LogP contribution in [-0.2, 0) is 6.54 Å². The molecule has 0 aromatic heterocycles. The molecular weight excluding hydrogens is 399 g/mol. The molecule has 23 heavy (non-hydrogen) atoms. The number of rotatable bonds is 5. The van der Waals surface area contributed by atoms with Gasteiger partial charge >= 0.3 is 0 Å². The number of nitrogens with zero attached hydrogens (tertiary/aromatic N) is 3. The van der Waals surface area contributed by atoms with Crippen LogP contribution >= 0.6 is 24.0 Å². The molecule has 5 heteroatoms. The van der Waals surface area contributed by atoms with E-state index in [1.807, 2.05) is 7.05 Å². The average molecular weight is 430 g/mol. The first-order valence-corrected chi connectivity index (χ1v) is 8.47. The Labute approximate surface area is 158 Å². The minimum Gasteiger partial charge on any atom is -0.355 e. The van der Waals surface area contributed by atoms with Crippen molar-refractivity contribution in [2.45, 2.75) is 32.2 Å². The van der Waals surface area contributed by atoms with Gasteiger partial charge in [0, 0.05) is 33.7 Å². The van der Waals surface area contributed by atoms with E-state index in [1.165, 1.54) is 44.3 Å². The van der Waals surface area contributed by atoms with Crippen LogP contribution in [0.15, 0.2) is 35.3 Å². The van der Waals surface area contributed by atoms with Crippen LogP contribution in [0.25, 0.3) is 0 Å². The summed E-state index contributed by atoms with van der Waals surface area (Å²) < 4.78 is 0. The van der Waals surface area contributed by atoms with Gasteiger partial charge in [-0.3, -0.25) is 4.99 Å². The van der Waals surface area contributed by atoms with Crippen molar-refractivity contribution >= 4 is 29.9 Å². The second kappa shape index (κ2) is 11.7. The molecule has 0 radical (unpaired) electrons. The Morgan fingerprint density at radius 1 is 1.13 bits per heavy atom. The molecule has 2 rings (SSSR count). The van der Waals surface area contributed by atoms with Crippen molar-refractivity contribution in [3.05, 3.63) is 35.9 Å². The Hall–Kier alpha value is -0.820. The van der Waals surface area contributed by atoms with Crippen LogP contribution in [-0.4, -0.2) is 56.0 Å². The summed E-state index contributed by atoms with van der Waals surface area (Å²) in [6, 6.07) is 10.5. The molecule has 1 aromatic rings. The lowest BCUT2D eigenvalue weighted by Crippen LogP contribution is -2.42. The standard InChI is InChI=1S/C18H30N4.HI/c1-19-18(21(2)16-17-10-6-5-7-11-17)20-12-15-22-13-8-3-4-9-14-22;/h5-7,10-11H,3-4,8-9,12-16H2,1-2H3,(H,19,20);1H. The van der Waals surface area contributed by atoms with E-state index in [9.17, 15) is 0 Å². The number of aliphatic imine (C=N–C) groups is 1. The lowest BCUT2D eigenvalue weighted by atomic mass is 10.2. The third-order valence-corrected chi connectivity index (χ3v) is 4.25. The van der Waals surface area contributed by atoms with E-state index >= 15 is 0 Å². The van der Waals surface area contributed by atoms with Crippen molar-refractivity contribution in [2.75, 3.05) is 40.3 Å². The third-order valence-electron chi connectivity index (χ3n) is 4.25. The van der Waals surface area contributed by atoms with Crippen LogP contribution in [0.2, 0.25) is 0 Å². The summed E-state index contributed by atoms with van der Waals surface area (Å²) in [7, 11) is 3.95. The second-order valence-electron chi connectivity index (χ2n) is 6.07. The number of guanidine groups is 1. The zero-order valence-corrected chi connectivity index (χ0v) is 16.8. The third kappa shape index (κ3) is 7.52. The minimum absolute atomic E-state index is 0. The lowest BCUT2D eigenvalue weighted by molar-refractivity contribution is 0.288. The molecule has 0 aliphatic carbocycles. The first kappa shape index (κ1) is 20.2. The molecule has 1 fully saturated rings. The molecule has 130 valence electrons. The topological polar surface area (TPSA) is 30.9 Å². The lowest BCUT2D eigenvalue weighted by Gasteiger charge is -2.24. The monoisotopic (exact) mass is 430 g/mol. The van der Waals surface area contributed by atoms with Crippen LogP contribution < -0.4 is 5.32 Å². The normalized spacial score (nSPS) is 16.3. The van der Waals surface area contributed by atoms with Crippen LogP contribution in [0, 0.1) is 0 Å². The summed E-state index contributed by atoms with van der Waals surface area (Å²) in [6.07, 6.45) is 5.49. The van der Waals surface area contributed by atoms with E-state index in [2.05, 4.69) is 57.5 Å². The minimum atomic E-state index is 0. The summed E-state index contributed by atoms with van der Waals surface area (Å²) >= 11 is 0. The van der Waals surface area contributed by atoms with Gasteiger partial charge in [0.25, 0.3) is 0 Å². The van der Waals surface area contributed by atoms with Crippen molar-refractivity contribution in [3.63, 3.8) is 0 Å². The largest absolute Gasteiger partial charge is 0.355 e. The van der Waals surface area contributed by atoms with Crippen molar-refractivity contribution < 1.29 is 0 Å². The van der Waals surface area contributed by atoms with Gasteiger partial charge in [-0.1, -0.05) is 43.2 Å². The van der Waals surface area contributed by atoms with Crippen molar-refractivity contribution in [3.8, 4) is 0 Å². The Bertz CT molecular complexity index is 442. The summed E-state index contributed by atoms with van der Waals surface area (Å²) in [5.74, 6) is 0.971. The van der Waals surface area contributed by atoms with Gasteiger partial charge in [0.2, 0.25) is 0 Å². The fraction of sp³-hybridized carbons (Fsp3) is 0.611. The molecule has 0 atom stereocenters. The number of hydrogen-bond donors (Lipinski definition) is 1. The second-order valence-corrected chi connectivity index (χ2v) is 6.07. The summed E-state index contributed by atoms with van der Waals surface area (Å²) in [4.78, 5) is 9.15. The Morgan fingerprint density at radius 3 is 2.39 bits per heavy atom. The number of hydrogen-bond acceptors (Lipinski definition) is 2. The molecule has 0 saturated carbocycles. The fourth-order valence-corrected chi connectivity index (χ4v) is 3.00. The number of likely N-dealkylation sites (tertiary alicyclic amines) is 1. The van der Waals surface area contributed by atoms with E-state index in [-0.39, 0.29) is 24.0 Å². The summed E-state index contributed by atoms with van der Waals surface area (Å²) in [5.41, 5.74) is 1.31. The van der Waals surface area contributed by atoms with Crippen LogP contribution in [0.4, 0.5) is 0 Å². The molecular formula is C18H31IN4. The van der Waals surface area contributed by atoms with Gasteiger partial charge < -0.3 is 15.1 Å². The highest BCUT2D eigenvalue weighted by molar-refractivity contribution is 14.0. The van der Waals surface area contributed by atoms with Crippen LogP contribution in [0.3, 0.4) is 0 Å². The predicted octanol–water partition coefficient (Wildman–Crippen LogP) is 3.19. The molecule has 1 saturated heterocycles. The number of nitrogens with one attached hydrogen (secondary N) is 1. The van der Waals surface area contributed by atoms with Crippen molar-refractivity contribution in [1.82, 2.24) is 15.1 Å². The first-order valence-electron chi connectivity index (χ1n) is 8.47. The highest BCUT2D eigenvalue weighted by Crippen LogP contribution is 2.08. The van der Waals surface area contributed by atoms with Gasteiger partial charge in [0.15, 0.2) is 5.96 Å². The van der Waals surface area contributed by atoms with E-state index in [1.54, 1.807) is 0 Å². The van der Waals surface area contributed by atoms with E-state index in [0.717, 1.165) is 25.6 Å². The summed E-state index contributed by atoms with van der Waals surface area (Å²) in [6.45, 7) is 5.45. The molecule has 1 heterocycles.